The molecule has 1 N–H and O–H groups in total. The fraction of sp³-hybridized carbons (Fsp3) is 0.500. The van der Waals surface area contributed by atoms with Crippen molar-refractivity contribution in [2.24, 2.45) is 0 Å². The normalized spacial score (nSPS) is 15.8. The number of aryl methyl sites for hydroxylation is 1. The number of aromatic carboxylic acids is 1. The van der Waals surface area contributed by atoms with Crippen LogP contribution in [0.25, 0.3) is 0 Å². The molecule has 4 heteroatoms. The van der Waals surface area contributed by atoms with Gasteiger partial charge < -0.3 is 5.11 Å². The van der Waals surface area contributed by atoms with Crippen molar-refractivity contribution in [3.05, 3.63) is 29.1 Å². The molecule has 0 atom stereocenters. The molecule has 16 heavy (non-hydrogen) atoms. The smallest absolute Gasteiger partial charge is 0.337 e. The Labute approximate surface area is 101 Å². The second kappa shape index (κ2) is 5.30. The van der Waals surface area contributed by atoms with Crippen LogP contribution in [-0.2, 0) is 0 Å². The summed E-state index contributed by atoms with van der Waals surface area (Å²) in [6.07, 6.45) is 6.41. The number of carboxylic acid groups (broad SMARTS) is 1. The lowest BCUT2D eigenvalue weighted by Crippen LogP contribution is -2.04. The Morgan fingerprint density at radius 2 is 2.06 bits per heavy atom. The molecule has 1 saturated carbocycles. The average Bonchev–Trinajstić information content (AvgIpc) is 2.70. The van der Waals surface area contributed by atoms with Gasteiger partial charge in [0.1, 0.15) is 0 Å². The van der Waals surface area contributed by atoms with E-state index in [1.165, 1.54) is 31.9 Å². The van der Waals surface area contributed by atoms with Crippen LogP contribution >= 0.6 is 12.4 Å². The summed E-state index contributed by atoms with van der Waals surface area (Å²) < 4.78 is 0. The number of hydrogen-bond acceptors (Lipinski definition) is 2. The Bertz CT molecular complexity index is 387. The Kier molecular flexibility index (Phi) is 4.30. The van der Waals surface area contributed by atoms with Crippen molar-refractivity contribution in [3.8, 4) is 0 Å². The molecule has 1 aromatic rings. The number of pyridine rings is 1. The van der Waals surface area contributed by atoms with Crippen LogP contribution in [0.4, 0.5) is 0 Å². The first-order valence-corrected chi connectivity index (χ1v) is 5.38. The summed E-state index contributed by atoms with van der Waals surface area (Å²) in [6.45, 7) is 1.95. The molecule has 1 aromatic heterocycles. The summed E-state index contributed by atoms with van der Waals surface area (Å²) in [6, 6.07) is 1.73. The molecule has 0 aliphatic heterocycles. The molecule has 3 nitrogen and oxygen atoms in total. The van der Waals surface area contributed by atoms with E-state index in [1.54, 1.807) is 6.07 Å². The number of nitrogens with zero attached hydrogens (tertiary/aromatic N) is 1. The lowest BCUT2D eigenvalue weighted by atomic mass is 9.98. The summed E-state index contributed by atoms with van der Waals surface area (Å²) in [4.78, 5) is 15.0. The highest BCUT2D eigenvalue weighted by Crippen LogP contribution is 2.34. The summed E-state index contributed by atoms with van der Waals surface area (Å²) in [7, 11) is 0. The van der Waals surface area contributed by atoms with Gasteiger partial charge in [0.25, 0.3) is 0 Å². The fourth-order valence-electron chi connectivity index (χ4n) is 2.33. The van der Waals surface area contributed by atoms with Gasteiger partial charge in [-0.15, -0.1) is 12.4 Å². The minimum Gasteiger partial charge on any atom is -0.478 e. The maximum absolute atomic E-state index is 10.7. The first-order valence-electron chi connectivity index (χ1n) is 5.38. The molecule has 0 spiro atoms. The molecule has 88 valence electrons. The van der Waals surface area contributed by atoms with Crippen molar-refractivity contribution in [2.45, 2.75) is 38.5 Å². The van der Waals surface area contributed by atoms with Crippen LogP contribution in [0.1, 0.15) is 53.2 Å². The largest absolute Gasteiger partial charge is 0.478 e. The summed E-state index contributed by atoms with van der Waals surface area (Å²) in [5.74, 6) is -0.351. The molecule has 1 aliphatic rings. The zero-order valence-electron chi connectivity index (χ0n) is 9.27. The van der Waals surface area contributed by atoms with E-state index in [1.807, 2.05) is 6.92 Å². The molecule has 2 rings (SSSR count). The predicted octanol–water partition coefficient (Wildman–Crippen LogP) is 3.17. The summed E-state index contributed by atoms with van der Waals surface area (Å²) in [5.41, 5.74) is 2.40. The number of rotatable bonds is 2. The van der Waals surface area contributed by atoms with Gasteiger partial charge in [-0.1, -0.05) is 12.8 Å². The number of hydrogen-bond donors (Lipinski definition) is 1. The average molecular weight is 242 g/mol. The van der Waals surface area contributed by atoms with Crippen molar-refractivity contribution < 1.29 is 9.90 Å². The van der Waals surface area contributed by atoms with Gasteiger partial charge in [0.15, 0.2) is 0 Å². The molecule has 0 aromatic carbocycles. The van der Waals surface area contributed by atoms with E-state index in [2.05, 4.69) is 4.98 Å². The quantitative estimate of drug-likeness (QED) is 0.865. The van der Waals surface area contributed by atoms with E-state index in [0.29, 0.717) is 5.92 Å². The van der Waals surface area contributed by atoms with Gasteiger partial charge in [-0.2, -0.15) is 0 Å². The van der Waals surface area contributed by atoms with Gasteiger partial charge in [-0.05, 0) is 31.4 Å². The molecular weight excluding hydrogens is 226 g/mol. The number of aromatic nitrogens is 1. The first kappa shape index (κ1) is 13.0. The SMILES string of the molecule is Cc1cc(C(=O)O)cnc1C1CCCC1.Cl. The number of halogens is 1. The van der Waals surface area contributed by atoms with E-state index in [0.717, 1.165) is 11.3 Å². The van der Waals surface area contributed by atoms with Gasteiger partial charge in [0, 0.05) is 17.8 Å². The van der Waals surface area contributed by atoms with Crippen LogP contribution in [0.2, 0.25) is 0 Å². The topological polar surface area (TPSA) is 50.2 Å². The van der Waals surface area contributed by atoms with Crippen molar-refractivity contribution in [1.82, 2.24) is 4.98 Å². The highest BCUT2D eigenvalue weighted by molar-refractivity contribution is 5.87. The molecule has 0 saturated heterocycles. The molecule has 0 amide bonds. The third-order valence-electron chi connectivity index (χ3n) is 3.11. The highest BCUT2D eigenvalue weighted by Gasteiger charge is 2.20. The van der Waals surface area contributed by atoms with E-state index in [4.69, 9.17) is 5.11 Å². The van der Waals surface area contributed by atoms with Gasteiger partial charge >= 0.3 is 5.97 Å². The maximum Gasteiger partial charge on any atom is 0.337 e. The standard InChI is InChI=1S/C12H15NO2.ClH/c1-8-6-10(12(14)15)7-13-11(8)9-4-2-3-5-9;/h6-7,9H,2-5H2,1H3,(H,14,15);1H. The molecule has 1 aliphatic carbocycles. The predicted molar refractivity (Wildman–Crippen MR) is 64.4 cm³/mol. The molecule has 0 radical (unpaired) electrons. The second-order valence-electron chi connectivity index (χ2n) is 4.21. The van der Waals surface area contributed by atoms with E-state index >= 15 is 0 Å². The Morgan fingerprint density at radius 3 is 2.56 bits per heavy atom. The van der Waals surface area contributed by atoms with Crippen LogP contribution < -0.4 is 0 Å². The van der Waals surface area contributed by atoms with Crippen LogP contribution in [0, 0.1) is 6.92 Å². The van der Waals surface area contributed by atoms with Gasteiger partial charge in [-0.3, -0.25) is 4.98 Å². The van der Waals surface area contributed by atoms with E-state index in [-0.39, 0.29) is 18.0 Å². The maximum atomic E-state index is 10.7. The molecule has 0 bridgehead atoms. The van der Waals surface area contributed by atoms with E-state index in [9.17, 15) is 4.79 Å². The third-order valence-corrected chi connectivity index (χ3v) is 3.11. The van der Waals surface area contributed by atoms with Gasteiger partial charge in [0.05, 0.1) is 5.56 Å². The fourth-order valence-corrected chi connectivity index (χ4v) is 2.33. The van der Waals surface area contributed by atoms with Gasteiger partial charge in [0.2, 0.25) is 0 Å². The minimum atomic E-state index is -0.899. The van der Waals surface area contributed by atoms with Crippen LogP contribution in [0.15, 0.2) is 12.3 Å². The van der Waals surface area contributed by atoms with Crippen molar-refractivity contribution in [3.63, 3.8) is 0 Å². The van der Waals surface area contributed by atoms with Crippen LogP contribution in [0.5, 0.6) is 0 Å². The molecule has 1 heterocycles. The Hall–Kier alpha value is -1.09. The van der Waals surface area contributed by atoms with Crippen molar-refractivity contribution in [2.75, 3.05) is 0 Å². The molecular formula is C12H16ClNO2. The lowest BCUT2D eigenvalue weighted by Gasteiger charge is -2.11. The zero-order valence-corrected chi connectivity index (χ0v) is 10.1. The monoisotopic (exact) mass is 241 g/mol. The van der Waals surface area contributed by atoms with Gasteiger partial charge in [-0.25, -0.2) is 4.79 Å². The van der Waals surface area contributed by atoms with Crippen LogP contribution in [0.3, 0.4) is 0 Å². The second-order valence-corrected chi connectivity index (χ2v) is 4.21. The Morgan fingerprint density at radius 1 is 1.44 bits per heavy atom. The third kappa shape index (κ3) is 2.53. The first-order chi connectivity index (χ1) is 7.18. The molecule has 0 unspecified atom stereocenters. The summed E-state index contributed by atoms with van der Waals surface area (Å²) >= 11 is 0. The number of carbonyl (C=O) groups is 1. The zero-order chi connectivity index (χ0) is 10.8. The van der Waals surface area contributed by atoms with Crippen molar-refractivity contribution >= 4 is 18.4 Å². The highest BCUT2D eigenvalue weighted by atomic mass is 35.5. The van der Waals surface area contributed by atoms with Crippen LogP contribution in [-0.4, -0.2) is 16.1 Å². The molecule has 1 fully saturated rings. The number of carboxylic acids is 1. The summed E-state index contributed by atoms with van der Waals surface area (Å²) in [5, 5.41) is 8.83. The minimum absolute atomic E-state index is 0. The lowest BCUT2D eigenvalue weighted by molar-refractivity contribution is 0.0696. The Balaban J connectivity index is 0.00000128. The van der Waals surface area contributed by atoms with E-state index < -0.39 is 5.97 Å². The van der Waals surface area contributed by atoms with Crippen molar-refractivity contribution in [1.29, 1.82) is 0 Å².